The molecular formula is C28H54. The highest BCUT2D eigenvalue weighted by Gasteiger charge is 2.39. The SMILES string of the molecule is CCCCCCCCCCCCCCCCCCCCC12CCC(CC1)CC2. The molecule has 0 aromatic heterocycles. The van der Waals surface area contributed by atoms with Crippen LogP contribution in [-0.2, 0) is 0 Å². The van der Waals surface area contributed by atoms with Gasteiger partial charge in [0, 0.05) is 0 Å². The van der Waals surface area contributed by atoms with Crippen molar-refractivity contribution >= 4 is 0 Å². The van der Waals surface area contributed by atoms with Gasteiger partial charge in [0.25, 0.3) is 0 Å². The molecule has 3 aliphatic rings. The van der Waals surface area contributed by atoms with Crippen molar-refractivity contribution in [3.63, 3.8) is 0 Å². The Morgan fingerprint density at radius 1 is 0.464 bits per heavy atom. The number of fused-ring (bicyclic) bond motifs is 3. The number of rotatable bonds is 19. The van der Waals surface area contributed by atoms with Crippen LogP contribution in [-0.4, -0.2) is 0 Å². The summed E-state index contributed by atoms with van der Waals surface area (Å²) in [6.45, 7) is 2.31. The smallest absolute Gasteiger partial charge is 0.0297 e. The van der Waals surface area contributed by atoms with Crippen LogP contribution in [0.4, 0.5) is 0 Å². The van der Waals surface area contributed by atoms with Crippen molar-refractivity contribution in [2.45, 2.75) is 167 Å². The van der Waals surface area contributed by atoms with Crippen LogP contribution in [0.1, 0.15) is 167 Å². The summed E-state index contributed by atoms with van der Waals surface area (Å²) in [5, 5.41) is 0. The third-order valence-corrected chi connectivity index (χ3v) is 8.31. The van der Waals surface area contributed by atoms with E-state index in [0.29, 0.717) is 0 Å². The molecule has 0 aliphatic heterocycles. The highest BCUT2D eigenvalue weighted by Crippen LogP contribution is 2.52. The van der Waals surface area contributed by atoms with Gasteiger partial charge < -0.3 is 0 Å². The molecule has 0 unspecified atom stereocenters. The van der Waals surface area contributed by atoms with E-state index in [1.54, 1.807) is 44.9 Å². The van der Waals surface area contributed by atoms with E-state index < -0.39 is 0 Å². The third-order valence-electron chi connectivity index (χ3n) is 8.31. The summed E-state index contributed by atoms with van der Waals surface area (Å²) in [6, 6.07) is 0. The van der Waals surface area contributed by atoms with Crippen LogP contribution in [0.5, 0.6) is 0 Å². The maximum Gasteiger partial charge on any atom is -0.0297 e. The molecule has 0 spiro atoms. The molecule has 3 fully saturated rings. The maximum atomic E-state index is 2.31. The van der Waals surface area contributed by atoms with Gasteiger partial charge in [0.1, 0.15) is 0 Å². The fraction of sp³-hybridized carbons (Fsp3) is 1.00. The van der Waals surface area contributed by atoms with E-state index in [2.05, 4.69) is 6.92 Å². The van der Waals surface area contributed by atoms with E-state index in [4.69, 9.17) is 0 Å². The topological polar surface area (TPSA) is 0 Å². The van der Waals surface area contributed by atoms with E-state index >= 15 is 0 Å². The molecule has 0 heterocycles. The first-order valence-electron chi connectivity index (χ1n) is 13.8. The standard InChI is InChI=1S/C28H54/c1-2-3-4-5-6-7-8-9-10-11-12-13-14-15-16-17-18-19-23-28-24-20-27(21-25-28)22-26-28/h27H,2-26H2,1H3. The van der Waals surface area contributed by atoms with E-state index in [1.807, 2.05) is 0 Å². The van der Waals surface area contributed by atoms with Gasteiger partial charge in [-0.05, 0) is 56.3 Å². The lowest BCUT2D eigenvalue weighted by Crippen LogP contribution is -2.33. The second-order valence-electron chi connectivity index (χ2n) is 10.7. The number of hydrogen-bond acceptors (Lipinski definition) is 0. The lowest BCUT2D eigenvalue weighted by Gasteiger charge is -2.47. The molecule has 0 amide bonds. The summed E-state index contributed by atoms with van der Waals surface area (Å²) in [5.74, 6) is 1.13. The summed E-state index contributed by atoms with van der Waals surface area (Å²) < 4.78 is 0. The zero-order valence-corrected chi connectivity index (χ0v) is 19.8. The Morgan fingerprint density at radius 2 is 0.786 bits per heavy atom. The summed E-state index contributed by atoms with van der Waals surface area (Å²) in [6.07, 6.45) is 37.8. The van der Waals surface area contributed by atoms with Gasteiger partial charge in [-0.2, -0.15) is 0 Å². The van der Waals surface area contributed by atoms with E-state index in [-0.39, 0.29) is 0 Å². The second kappa shape index (κ2) is 15.8. The minimum atomic E-state index is 0.823. The molecule has 3 rings (SSSR count). The molecule has 0 aromatic rings. The van der Waals surface area contributed by atoms with Gasteiger partial charge in [-0.15, -0.1) is 0 Å². The Balaban J connectivity index is 1.24. The van der Waals surface area contributed by atoms with E-state index in [1.165, 1.54) is 116 Å². The fourth-order valence-corrected chi connectivity index (χ4v) is 6.12. The zero-order valence-electron chi connectivity index (χ0n) is 19.8. The quantitative estimate of drug-likeness (QED) is 0.192. The summed E-state index contributed by atoms with van der Waals surface area (Å²) in [5.41, 5.74) is 0.823. The predicted molar refractivity (Wildman–Crippen MR) is 127 cm³/mol. The first-order valence-corrected chi connectivity index (χ1v) is 13.8. The highest BCUT2D eigenvalue weighted by atomic mass is 14.4. The molecule has 166 valence electrons. The van der Waals surface area contributed by atoms with Crippen molar-refractivity contribution in [3.8, 4) is 0 Å². The molecule has 0 N–H and O–H groups in total. The number of hydrogen-bond donors (Lipinski definition) is 0. The Hall–Kier alpha value is 0. The summed E-state index contributed by atoms with van der Waals surface area (Å²) in [7, 11) is 0. The van der Waals surface area contributed by atoms with Crippen molar-refractivity contribution in [2.24, 2.45) is 11.3 Å². The van der Waals surface area contributed by atoms with Gasteiger partial charge in [-0.3, -0.25) is 0 Å². The molecule has 0 atom stereocenters. The summed E-state index contributed by atoms with van der Waals surface area (Å²) >= 11 is 0. The molecule has 0 saturated heterocycles. The Bertz CT molecular complexity index is 322. The van der Waals surface area contributed by atoms with Crippen LogP contribution in [0.25, 0.3) is 0 Å². The van der Waals surface area contributed by atoms with Crippen molar-refractivity contribution in [2.75, 3.05) is 0 Å². The molecule has 28 heavy (non-hydrogen) atoms. The molecule has 3 aliphatic carbocycles. The molecule has 0 aromatic carbocycles. The highest BCUT2D eigenvalue weighted by molar-refractivity contribution is 4.91. The molecule has 0 heteroatoms. The van der Waals surface area contributed by atoms with Crippen LogP contribution >= 0.6 is 0 Å². The Morgan fingerprint density at radius 3 is 1.14 bits per heavy atom. The van der Waals surface area contributed by atoms with Crippen molar-refractivity contribution in [3.05, 3.63) is 0 Å². The van der Waals surface area contributed by atoms with Gasteiger partial charge in [0.05, 0.1) is 0 Å². The van der Waals surface area contributed by atoms with Gasteiger partial charge in [0.15, 0.2) is 0 Å². The van der Waals surface area contributed by atoms with Crippen LogP contribution in [0.15, 0.2) is 0 Å². The van der Waals surface area contributed by atoms with E-state index in [0.717, 1.165) is 11.3 Å². The number of unbranched alkanes of at least 4 members (excludes halogenated alkanes) is 17. The van der Waals surface area contributed by atoms with Crippen molar-refractivity contribution in [1.82, 2.24) is 0 Å². The fourth-order valence-electron chi connectivity index (χ4n) is 6.12. The Kier molecular flexibility index (Phi) is 13.7. The molecule has 3 saturated carbocycles. The minimum absolute atomic E-state index is 0.823. The van der Waals surface area contributed by atoms with Gasteiger partial charge >= 0.3 is 0 Å². The van der Waals surface area contributed by atoms with Crippen molar-refractivity contribution in [1.29, 1.82) is 0 Å². The van der Waals surface area contributed by atoms with Gasteiger partial charge in [0.2, 0.25) is 0 Å². The second-order valence-corrected chi connectivity index (χ2v) is 10.7. The monoisotopic (exact) mass is 390 g/mol. The van der Waals surface area contributed by atoms with Crippen molar-refractivity contribution < 1.29 is 0 Å². The van der Waals surface area contributed by atoms with Gasteiger partial charge in [-0.25, -0.2) is 0 Å². The van der Waals surface area contributed by atoms with Crippen LogP contribution in [0.2, 0.25) is 0 Å². The predicted octanol–water partition coefficient (Wildman–Crippen LogP) is 10.4. The average Bonchev–Trinajstić information content (AvgIpc) is 2.74. The molecular weight excluding hydrogens is 336 g/mol. The lowest BCUT2D eigenvalue weighted by atomic mass is 9.59. The lowest BCUT2D eigenvalue weighted by molar-refractivity contribution is 0.0540. The van der Waals surface area contributed by atoms with Crippen LogP contribution < -0.4 is 0 Å². The Labute approximate surface area is 179 Å². The van der Waals surface area contributed by atoms with Crippen LogP contribution in [0.3, 0.4) is 0 Å². The molecule has 0 radical (unpaired) electrons. The first-order chi connectivity index (χ1) is 13.8. The summed E-state index contributed by atoms with van der Waals surface area (Å²) in [4.78, 5) is 0. The molecule has 2 bridgehead atoms. The first kappa shape index (κ1) is 24.3. The third kappa shape index (κ3) is 10.7. The largest absolute Gasteiger partial charge is 0.0654 e. The van der Waals surface area contributed by atoms with Gasteiger partial charge in [-0.1, -0.05) is 122 Å². The van der Waals surface area contributed by atoms with E-state index in [9.17, 15) is 0 Å². The maximum absolute atomic E-state index is 2.31. The molecule has 0 nitrogen and oxygen atoms in total. The minimum Gasteiger partial charge on any atom is -0.0654 e. The zero-order chi connectivity index (χ0) is 19.8. The average molecular weight is 391 g/mol. The normalized spacial score (nSPS) is 24.1. The van der Waals surface area contributed by atoms with Crippen LogP contribution in [0, 0.1) is 11.3 Å².